The van der Waals surface area contributed by atoms with Gasteiger partial charge in [0.25, 0.3) is 5.56 Å². The Hall–Kier alpha value is -2.41. The van der Waals surface area contributed by atoms with Crippen molar-refractivity contribution in [3.05, 3.63) is 40.4 Å². The minimum atomic E-state index is -0.459. The van der Waals surface area contributed by atoms with Crippen LogP contribution in [0.15, 0.2) is 29.2 Å². The van der Waals surface area contributed by atoms with Crippen molar-refractivity contribution >= 4 is 11.6 Å². The Morgan fingerprint density at radius 2 is 2.00 bits per heavy atom. The van der Waals surface area contributed by atoms with E-state index in [1.165, 1.54) is 16.5 Å². The molecule has 2 aromatic heterocycles. The smallest absolute Gasteiger partial charge is 0.258 e. The van der Waals surface area contributed by atoms with Gasteiger partial charge in [0.1, 0.15) is 5.54 Å². The van der Waals surface area contributed by atoms with Crippen molar-refractivity contribution < 1.29 is 9.90 Å². The molecule has 7 nitrogen and oxygen atoms in total. The fourth-order valence-corrected chi connectivity index (χ4v) is 4.67. The number of amides is 1. The summed E-state index contributed by atoms with van der Waals surface area (Å²) in [5, 5.41) is 10.1. The summed E-state index contributed by atoms with van der Waals surface area (Å²) >= 11 is 0. The van der Waals surface area contributed by atoms with Crippen LogP contribution >= 0.6 is 0 Å². The van der Waals surface area contributed by atoms with Gasteiger partial charge in [0, 0.05) is 31.9 Å². The van der Waals surface area contributed by atoms with Crippen LogP contribution in [0, 0.1) is 0 Å². The van der Waals surface area contributed by atoms with E-state index in [4.69, 9.17) is 0 Å². The van der Waals surface area contributed by atoms with Crippen molar-refractivity contribution in [2.75, 3.05) is 19.6 Å². The van der Waals surface area contributed by atoms with Crippen LogP contribution in [-0.2, 0) is 11.3 Å². The highest BCUT2D eigenvalue weighted by atomic mass is 16.3. The number of aromatic nitrogens is 2. The van der Waals surface area contributed by atoms with Crippen LogP contribution in [0.1, 0.15) is 44.7 Å². The van der Waals surface area contributed by atoms with Crippen molar-refractivity contribution in [2.45, 2.75) is 51.1 Å². The molecule has 1 N–H and O–H groups in total. The molecule has 1 spiro atoms. The first-order chi connectivity index (χ1) is 13.0. The highest BCUT2D eigenvalue weighted by Gasteiger charge is 2.50. The third-order valence-electron chi connectivity index (χ3n) is 5.90. The molecule has 0 aliphatic carbocycles. The number of rotatable bonds is 4. The Bertz CT molecular complexity index is 923. The van der Waals surface area contributed by atoms with E-state index < -0.39 is 5.54 Å². The molecule has 1 atom stereocenters. The molecule has 4 rings (SSSR count). The second kappa shape index (κ2) is 6.96. The summed E-state index contributed by atoms with van der Waals surface area (Å²) < 4.78 is 1.34. The maximum Gasteiger partial charge on any atom is 0.258 e. The first-order valence-electron chi connectivity index (χ1n) is 9.80. The van der Waals surface area contributed by atoms with E-state index in [0.717, 1.165) is 51.7 Å². The monoisotopic (exact) mass is 370 g/mol. The van der Waals surface area contributed by atoms with Gasteiger partial charge in [0.05, 0.1) is 5.69 Å². The Kier molecular flexibility index (Phi) is 4.63. The molecule has 0 saturated carbocycles. The van der Waals surface area contributed by atoms with E-state index in [2.05, 4.69) is 16.8 Å². The van der Waals surface area contributed by atoms with E-state index in [-0.39, 0.29) is 22.9 Å². The average Bonchev–Trinajstić information content (AvgIpc) is 3.03. The molecule has 1 amide bonds. The lowest BCUT2D eigenvalue weighted by Crippen LogP contribution is -2.59. The van der Waals surface area contributed by atoms with E-state index in [1.807, 2.05) is 4.90 Å². The zero-order valence-corrected chi connectivity index (χ0v) is 15.7. The zero-order chi connectivity index (χ0) is 19.0. The van der Waals surface area contributed by atoms with Gasteiger partial charge in [-0.1, -0.05) is 6.92 Å². The number of pyridine rings is 1. The van der Waals surface area contributed by atoms with E-state index >= 15 is 0 Å². The van der Waals surface area contributed by atoms with Gasteiger partial charge in [0.2, 0.25) is 5.91 Å². The number of piperidine rings is 1. The molecule has 2 fully saturated rings. The van der Waals surface area contributed by atoms with E-state index in [0.29, 0.717) is 12.2 Å². The van der Waals surface area contributed by atoms with Crippen molar-refractivity contribution in [3.8, 4) is 5.75 Å². The number of nitrogens with zero attached hydrogens (tertiary/aromatic N) is 4. The third kappa shape index (κ3) is 3.00. The Morgan fingerprint density at radius 1 is 1.22 bits per heavy atom. The van der Waals surface area contributed by atoms with Gasteiger partial charge in [-0.2, -0.15) is 0 Å². The summed E-state index contributed by atoms with van der Waals surface area (Å²) in [6, 6.07) is 4.65. The van der Waals surface area contributed by atoms with Crippen molar-refractivity contribution in [1.29, 1.82) is 0 Å². The molecule has 2 aliphatic rings. The Balaban J connectivity index is 1.66. The molecule has 27 heavy (non-hydrogen) atoms. The SMILES string of the molecule is CCCN1CCCC2(CCCN2Cc2cc(=O)n3cccc(O)c3n2)C1=O. The largest absolute Gasteiger partial charge is 0.504 e. The molecule has 1 unspecified atom stereocenters. The standard InChI is InChI=1S/C20H26N4O3/c1-2-9-22-10-4-7-20(19(22)27)8-5-11-23(20)14-15-13-17(26)24-12-3-6-16(25)18(24)21-15/h3,6,12-13,25H,2,4-5,7-11,14H2,1H3. The van der Waals surface area contributed by atoms with Crippen LogP contribution in [0.3, 0.4) is 0 Å². The number of hydrogen-bond donors (Lipinski definition) is 1. The van der Waals surface area contributed by atoms with Gasteiger partial charge in [-0.05, 0) is 50.8 Å². The summed E-state index contributed by atoms with van der Waals surface area (Å²) in [5.41, 5.74) is 0.180. The van der Waals surface area contributed by atoms with Gasteiger partial charge >= 0.3 is 0 Å². The Labute approximate surface area is 158 Å². The third-order valence-corrected chi connectivity index (χ3v) is 5.90. The predicted molar refractivity (Wildman–Crippen MR) is 102 cm³/mol. The first-order valence-corrected chi connectivity index (χ1v) is 9.80. The highest BCUT2D eigenvalue weighted by Crippen LogP contribution is 2.39. The van der Waals surface area contributed by atoms with Crippen LogP contribution in [-0.4, -0.2) is 55.4 Å². The molecule has 7 heteroatoms. The summed E-state index contributed by atoms with van der Waals surface area (Å²) in [4.78, 5) is 34.3. The van der Waals surface area contributed by atoms with Crippen LogP contribution < -0.4 is 5.56 Å². The molecule has 144 valence electrons. The second-order valence-electron chi connectivity index (χ2n) is 7.63. The minimum absolute atomic E-state index is 0.0181. The molecule has 2 saturated heterocycles. The molecule has 2 aliphatic heterocycles. The fraction of sp³-hybridized carbons (Fsp3) is 0.550. The summed E-state index contributed by atoms with van der Waals surface area (Å²) in [7, 11) is 0. The number of carbonyl (C=O) groups is 1. The molecular formula is C20H26N4O3. The van der Waals surface area contributed by atoms with Gasteiger partial charge < -0.3 is 10.0 Å². The number of fused-ring (bicyclic) bond motifs is 1. The highest BCUT2D eigenvalue weighted by molar-refractivity contribution is 5.87. The van der Waals surface area contributed by atoms with Crippen molar-refractivity contribution in [3.63, 3.8) is 0 Å². The predicted octanol–water partition coefficient (Wildman–Crippen LogP) is 1.77. The van der Waals surface area contributed by atoms with Crippen LogP contribution in [0.25, 0.3) is 5.65 Å². The average molecular weight is 370 g/mol. The quantitative estimate of drug-likeness (QED) is 0.887. The molecule has 4 heterocycles. The lowest BCUT2D eigenvalue weighted by molar-refractivity contribution is -0.147. The maximum atomic E-state index is 13.2. The number of aromatic hydroxyl groups is 1. The molecular weight excluding hydrogens is 344 g/mol. The normalized spacial score (nSPS) is 23.6. The zero-order valence-electron chi connectivity index (χ0n) is 15.7. The number of hydrogen-bond acceptors (Lipinski definition) is 5. The van der Waals surface area contributed by atoms with Crippen LogP contribution in [0.2, 0.25) is 0 Å². The van der Waals surface area contributed by atoms with Gasteiger partial charge in [-0.3, -0.25) is 18.9 Å². The van der Waals surface area contributed by atoms with Crippen molar-refractivity contribution in [2.24, 2.45) is 0 Å². The maximum absolute atomic E-state index is 13.2. The number of carbonyl (C=O) groups excluding carboxylic acids is 1. The van der Waals surface area contributed by atoms with Gasteiger partial charge in [-0.15, -0.1) is 0 Å². The van der Waals surface area contributed by atoms with Crippen molar-refractivity contribution in [1.82, 2.24) is 19.2 Å². The van der Waals surface area contributed by atoms with Crippen LogP contribution in [0.4, 0.5) is 0 Å². The summed E-state index contributed by atoms with van der Waals surface area (Å²) in [6.07, 6.45) is 6.27. The van der Waals surface area contributed by atoms with Gasteiger partial charge in [0.15, 0.2) is 11.4 Å². The summed E-state index contributed by atoms with van der Waals surface area (Å²) in [5.74, 6) is 0.212. The van der Waals surface area contributed by atoms with E-state index in [1.54, 1.807) is 12.3 Å². The van der Waals surface area contributed by atoms with E-state index in [9.17, 15) is 14.7 Å². The second-order valence-corrected chi connectivity index (χ2v) is 7.63. The fourth-order valence-electron chi connectivity index (χ4n) is 4.67. The molecule has 2 aromatic rings. The van der Waals surface area contributed by atoms with Crippen LogP contribution in [0.5, 0.6) is 5.75 Å². The Morgan fingerprint density at radius 3 is 2.78 bits per heavy atom. The summed E-state index contributed by atoms with van der Waals surface area (Å²) in [6.45, 7) is 5.02. The minimum Gasteiger partial charge on any atom is -0.504 e. The lowest BCUT2D eigenvalue weighted by atomic mass is 9.85. The first kappa shape index (κ1) is 18.0. The van der Waals surface area contributed by atoms with Gasteiger partial charge in [-0.25, -0.2) is 4.98 Å². The topological polar surface area (TPSA) is 78.2 Å². The molecule has 0 aromatic carbocycles. The molecule has 0 bridgehead atoms. The lowest BCUT2D eigenvalue weighted by Gasteiger charge is -2.44. The number of likely N-dealkylation sites (tertiary alicyclic amines) is 2. The molecule has 0 radical (unpaired) electrons.